The highest BCUT2D eigenvalue weighted by Crippen LogP contribution is 2.48. The van der Waals surface area contributed by atoms with Crippen molar-refractivity contribution in [3.8, 4) is 0 Å². The summed E-state index contributed by atoms with van der Waals surface area (Å²) in [6, 6.07) is 0.544. The summed E-state index contributed by atoms with van der Waals surface area (Å²) >= 11 is 0. The smallest absolute Gasteiger partial charge is 0.308 e. The summed E-state index contributed by atoms with van der Waals surface area (Å²) in [5.41, 5.74) is 0.383. The van der Waals surface area contributed by atoms with Gasteiger partial charge in [-0.15, -0.1) is 0 Å². The van der Waals surface area contributed by atoms with Gasteiger partial charge in [0.1, 0.15) is 0 Å². The lowest BCUT2D eigenvalue weighted by atomic mass is 9.85. The fourth-order valence-electron chi connectivity index (χ4n) is 2.99. The van der Waals surface area contributed by atoms with Crippen molar-refractivity contribution in [1.82, 2.24) is 5.32 Å². The normalized spacial score (nSPS) is 29.9. The highest BCUT2D eigenvalue weighted by atomic mass is 16.5. The average molecular weight is 255 g/mol. The first-order valence-electron chi connectivity index (χ1n) is 7.11. The standard InChI is InChI=1S/C14H25NO3/c1-18-13(17)11-2-4-12(5-3-11)15-10-14(6-7-14)8-9-16/h11-12,15-16H,2-10H2,1H3. The van der Waals surface area contributed by atoms with Gasteiger partial charge in [0.25, 0.3) is 0 Å². The number of aliphatic hydroxyl groups excluding tert-OH is 1. The summed E-state index contributed by atoms with van der Waals surface area (Å²) in [4.78, 5) is 11.4. The largest absolute Gasteiger partial charge is 0.469 e. The maximum atomic E-state index is 11.4. The molecule has 2 aliphatic rings. The van der Waals surface area contributed by atoms with E-state index >= 15 is 0 Å². The van der Waals surface area contributed by atoms with Crippen LogP contribution in [0.4, 0.5) is 0 Å². The van der Waals surface area contributed by atoms with Gasteiger partial charge in [0.15, 0.2) is 0 Å². The molecule has 0 aromatic rings. The van der Waals surface area contributed by atoms with Crippen LogP contribution in [0.1, 0.15) is 44.9 Å². The number of hydrogen-bond donors (Lipinski definition) is 2. The van der Waals surface area contributed by atoms with Gasteiger partial charge < -0.3 is 15.2 Å². The maximum absolute atomic E-state index is 11.4. The molecule has 2 saturated carbocycles. The molecule has 0 heterocycles. The molecule has 0 unspecified atom stereocenters. The van der Waals surface area contributed by atoms with E-state index in [1.54, 1.807) is 0 Å². The molecular formula is C14H25NO3. The van der Waals surface area contributed by atoms with E-state index < -0.39 is 0 Å². The van der Waals surface area contributed by atoms with Gasteiger partial charge in [-0.2, -0.15) is 0 Å². The third-order valence-corrected chi connectivity index (χ3v) is 4.63. The highest BCUT2D eigenvalue weighted by Gasteiger charge is 2.42. The minimum absolute atomic E-state index is 0.0487. The number of ether oxygens (including phenoxy) is 1. The summed E-state index contributed by atoms with van der Waals surface area (Å²) in [6.07, 6.45) is 7.44. The summed E-state index contributed by atoms with van der Waals surface area (Å²) in [7, 11) is 1.47. The van der Waals surface area contributed by atoms with Gasteiger partial charge in [-0.3, -0.25) is 4.79 Å². The Balaban J connectivity index is 1.66. The minimum atomic E-state index is -0.0487. The Morgan fingerprint density at radius 2 is 2.00 bits per heavy atom. The predicted molar refractivity (Wildman–Crippen MR) is 69.1 cm³/mol. The van der Waals surface area contributed by atoms with Crippen LogP contribution in [0.3, 0.4) is 0 Å². The molecule has 4 heteroatoms. The molecule has 0 amide bonds. The van der Waals surface area contributed by atoms with Crippen LogP contribution in [0.15, 0.2) is 0 Å². The maximum Gasteiger partial charge on any atom is 0.308 e. The zero-order chi connectivity index (χ0) is 13.0. The molecular weight excluding hydrogens is 230 g/mol. The summed E-state index contributed by atoms with van der Waals surface area (Å²) < 4.78 is 4.79. The number of hydrogen-bond acceptors (Lipinski definition) is 4. The third-order valence-electron chi connectivity index (χ3n) is 4.63. The van der Waals surface area contributed by atoms with Crippen LogP contribution in [0.25, 0.3) is 0 Å². The first-order valence-corrected chi connectivity index (χ1v) is 7.11. The molecule has 0 atom stereocenters. The third kappa shape index (κ3) is 3.45. The lowest BCUT2D eigenvalue weighted by Crippen LogP contribution is -2.38. The molecule has 2 aliphatic carbocycles. The number of rotatable bonds is 6. The molecule has 0 bridgehead atoms. The van der Waals surface area contributed by atoms with Gasteiger partial charge in [-0.1, -0.05) is 0 Å². The van der Waals surface area contributed by atoms with Crippen LogP contribution in [-0.4, -0.2) is 37.4 Å². The van der Waals surface area contributed by atoms with E-state index in [9.17, 15) is 4.79 Å². The highest BCUT2D eigenvalue weighted by molar-refractivity contribution is 5.72. The Kier molecular flexibility index (Phi) is 4.62. The second-order valence-electron chi connectivity index (χ2n) is 5.93. The molecule has 18 heavy (non-hydrogen) atoms. The van der Waals surface area contributed by atoms with Crippen LogP contribution < -0.4 is 5.32 Å². The van der Waals surface area contributed by atoms with Gasteiger partial charge in [0.05, 0.1) is 13.0 Å². The topological polar surface area (TPSA) is 58.6 Å². The predicted octanol–water partition coefficient (Wildman–Crippen LogP) is 1.47. The SMILES string of the molecule is COC(=O)C1CCC(NCC2(CCO)CC2)CC1. The Morgan fingerprint density at radius 1 is 1.33 bits per heavy atom. The lowest BCUT2D eigenvalue weighted by molar-refractivity contribution is -0.146. The molecule has 0 saturated heterocycles. The molecule has 2 fully saturated rings. The molecule has 0 aromatic heterocycles. The Labute approximate surface area is 109 Å². The van der Waals surface area contributed by atoms with Crippen molar-refractivity contribution in [2.24, 2.45) is 11.3 Å². The number of carbonyl (C=O) groups excluding carboxylic acids is 1. The van der Waals surface area contributed by atoms with Crippen LogP contribution in [0, 0.1) is 11.3 Å². The fraction of sp³-hybridized carbons (Fsp3) is 0.929. The van der Waals surface area contributed by atoms with Gasteiger partial charge in [-0.25, -0.2) is 0 Å². The fourth-order valence-corrected chi connectivity index (χ4v) is 2.99. The molecule has 2 N–H and O–H groups in total. The zero-order valence-corrected chi connectivity index (χ0v) is 11.3. The number of carbonyl (C=O) groups is 1. The van der Waals surface area contributed by atoms with Crippen molar-refractivity contribution < 1.29 is 14.6 Å². The van der Waals surface area contributed by atoms with Gasteiger partial charge in [0, 0.05) is 19.2 Å². The van der Waals surface area contributed by atoms with Crippen LogP contribution >= 0.6 is 0 Å². The molecule has 0 radical (unpaired) electrons. The first-order chi connectivity index (χ1) is 8.69. The second kappa shape index (κ2) is 6.02. The average Bonchev–Trinajstić information content (AvgIpc) is 3.17. The van der Waals surface area contributed by atoms with Gasteiger partial charge in [0.2, 0.25) is 0 Å². The van der Waals surface area contributed by atoms with Crippen molar-refractivity contribution in [1.29, 1.82) is 0 Å². The number of aliphatic hydroxyl groups is 1. The van der Waals surface area contributed by atoms with Gasteiger partial charge in [-0.05, 0) is 50.4 Å². The van der Waals surface area contributed by atoms with E-state index in [1.165, 1.54) is 20.0 Å². The van der Waals surface area contributed by atoms with E-state index in [1.807, 2.05) is 0 Å². The second-order valence-corrected chi connectivity index (χ2v) is 5.93. The lowest BCUT2D eigenvalue weighted by Gasteiger charge is -2.29. The van der Waals surface area contributed by atoms with E-state index in [2.05, 4.69) is 5.32 Å². The zero-order valence-electron chi connectivity index (χ0n) is 11.3. The molecule has 0 aliphatic heterocycles. The van der Waals surface area contributed by atoms with Crippen LogP contribution in [0.2, 0.25) is 0 Å². The van der Waals surface area contributed by atoms with Crippen molar-refractivity contribution in [3.05, 3.63) is 0 Å². The molecule has 104 valence electrons. The van der Waals surface area contributed by atoms with Crippen molar-refractivity contribution in [2.45, 2.75) is 51.0 Å². The summed E-state index contributed by atoms with van der Waals surface area (Å²) in [5, 5.41) is 12.6. The summed E-state index contributed by atoms with van der Waals surface area (Å²) in [5.74, 6) is 0.0628. The first kappa shape index (κ1) is 13.8. The van der Waals surface area contributed by atoms with Crippen molar-refractivity contribution in [3.63, 3.8) is 0 Å². The van der Waals surface area contributed by atoms with Crippen molar-refractivity contribution in [2.75, 3.05) is 20.3 Å². The van der Waals surface area contributed by atoms with E-state index in [4.69, 9.17) is 9.84 Å². The monoisotopic (exact) mass is 255 g/mol. The molecule has 0 spiro atoms. The molecule has 4 nitrogen and oxygen atoms in total. The van der Waals surface area contributed by atoms with Crippen LogP contribution in [-0.2, 0) is 9.53 Å². The van der Waals surface area contributed by atoms with E-state index in [0.29, 0.717) is 18.1 Å². The van der Waals surface area contributed by atoms with Gasteiger partial charge >= 0.3 is 5.97 Å². The van der Waals surface area contributed by atoms with E-state index in [0.717, 1.165) is 38.6 Å². The van der Waals surface area contributed by atoms with Crippen molar-refractivity contribution >= 4 is 5.97 Å². The molecule has 2 rings (SSSR count). The van der Waals surface area contributed by atoms with Crippen LogP contribution in [0.5, 0.6) is 0 Å². The Hall–Kier alpha value is -0.610. The summed E-state index contributed by atoms with van der Waals surface area (Å²) in [6.45, 7) is 1.33. The number of nitrogens with one attached hydrogen (secondary N) is 1. The Morgan fingerprint density at radius 3 is 2.50 bits per heavy atom. The quantitative estimate of drug-likeness (QED) is 0.706. The Bertz CT molecular complexity index is 281. The number of esters is 1. The minimum Gasteiger partial charge on any atom is -0.469 e. The number of methoxy groups -OCH3 is 1. The molecule has 0 aromatic carbocycles. The van der Waals surface area contributed by atoms with E-state index in [-0.39, 0.29) is 11.9 Å².